The van der Waals surface area contributed by atoms with Gasteiger partial charge in [-0.15, -0.1) is 0 Å². The van der Waals surface area contributed by atoms with E-state index in [9.17, 15) is 8.42 Å². The molecule has 0 aromatic heterocycles. The first-order chi connectivity index (χ1) is 11.5. The van der Waals surface area contributed by atoms with Crippen LogP contribution in [0.25, 0.3) is 0 Å². The van der Waals surface area contributed by atoms with Gasteiger partial charge in [0.05, 0.1) is 5.25 Å². The van der Waals surface area contributed by atoms with E-state index in [0.29, 0.717) is 6.42 Å². The first kappa shape index (κ1) is 28.1. The van der Waals surface area contributed by atoms with Crippen LogP contribution in [0.2, 0.25) is 0 Å². The van der Waals surface area contributed by atoms with E-state index in [4.69, 9.17) is 4.55 Å². The molecule has 0 amide bonds. The van der Waals surface area contributed by atoms with Crippen LogP contribution in [0.1, 0.15) is 123 Å². The van der Waals surface area contributed by atoms with Crippen LogP contribution in [0.4, 0.5) is 0 Å². The second kappa shape index (κ2) is 19.7. The number of hydrogen-bond acceptors (Lipinski definition) is 2. The number of unbranched alkanes of at least 4 members (excludes halogenated alkanes) is 15. The molecule has 1 atom stereocenters. The Morgan fingerprint density at radius 2 is 0.920 bits per heavy atom. The van der Waals surface area contributed by atoms with Crippen molar-refractivity contribution >= 4 is 39.7 Å². The molecule has 0 aromatic rings. The summed E-state index contributed by atoms with van der Waals surface area (Å²) in [5.74, 6) is 0. The summed E-state index contributed by atoms with van der Waals surface area (Å²) in [6.45, 7) is 3.85. The molecule has 0 aliphatic heterocycles. The Bertz CT molecular complexity index is 358. The van der Waals surface area contributed by atoms with Gasteiger partial charge < -0.3 is 0 Å². The Hall–Kier alpha value is 0.910. The average Bonchev–Trinajstić information content (AvgIpc) is 2.53. The summed E-state index contributed by atoms with van der Waals surface area (Å²) in [5, 5.41) is -0.607. The van der Waals surface area contributed by atoms with E-state index in [0.717, 1.165) is 12.8 Å². The number of hydrogen-bond donors (Lipinski definition) is 1. The SMILES string of the molecule is CCCCCCCCCCCCCCCCCCC(C)S(=O)(=O)O.[NaH]. The monoisotopic (exact) mass is 386 g/mol. The molecule has 0 aliphatic carbocycles. The minimum atomic E-state index is -3.82. The van der Waals surface area contributed by atoms with Crippen molar-refractivity contribution in [3.8, 4) is 0 Å². The molecule has 3 nitrogen and oxygen atoms in total. The predicted molar refractivity (Wildman–Crippen MR) is 112 cm³/mol. The van der Waals surface area contributed by atoms with Crippen molar-refractivity contribution in [3.63, 3.8) is 0 Å². The van der Waals surface area contributed by atoms with Crippen LogP contribution in [0.3, 0.4) is 0 Å². The zero-order valence-electron chi connectivity index (χ0n) is 16.3. The second-order valence-corrected chi connectivity index (χ2v) is 9.25. The summed E-state index contributed by atoms with van der Waals surface area (Å²) < 4.78 is 30.6. The molecular weight excluding hydrogens is 343 g/mol. The van der Waals surface area contributed by atoms with Gasteiger partial charge in [-0.2, -0.15) is 8.42 Å². The van der Waals surface area contributed by atoms with Gasteiger partial charge in [0, 0.05) is 0 Å². The van der Waals surface area contributed by atoms with Crippen molar-refractivity contribution < 1.29 is 13.0 Å². The van der Waals surface area contributed by atoms with Gasteiger partial charge in [-0.1, -0.05) is 110 Å². The molecule has 25 heavy (non-hydrogen) atoms. The molecular formula is C20H43NaO3S. The zero-order chi connectivity index (χ0) is 18.1. The molecule has 0 radical (unpaired) electrons. The molecule has 0 bridgehead atoms. The fourth-order valence-corrected chi connectivity index (χ4v) is 3.59. The van der Waals surface area contributed by atoms with Gasteiger partial charge in [0.1, 0.15) is 0 Å². The molecule has 0 saturated heterocycles. The van der Waals surface area contributed by atoms with Gasteiger partial charge in [0.15, 0.2) is 0 Å². The van der Waals surface area contributed by atoms with Crippen LogP contribution >= 0.6 is 0 Å². The van der Waals surface area contributed by atoms with Gasteiger partial charge >= 0.3 is 29.6 Å². The topological polar surface area (TPSA) is 54.4 Å². The minimum absolute atomic E-state index is 0. The predicted octanol–water partition coefficient (Wildman–Crippen LogP) is 6.27. The van der Waals surface area contributed by atoms with Crippen LogP contribution in [-0.4, -0.2) is 47.8 Å². The maximum atomic E-state index is 10.9. The zero-order valence-corrected chi connectivity index (χ0v) is 17.1. The third-order valence-corrected chi connectivity index (χ3v) is 6.23. The van der Waals surface area contributed by atoms with Crippen molar-refractivity contribution in [2.45, 2.75) is 128 Å². The van der Waals surface area contributed by atoms with Gasteiger partial charge in [-0.05, 0) is 13.3 Å². The molecule has 148 valence electrons. The quantitative estimate of drug-likeness (QED) is 0.172. The Morgan fingerprint density at radius 1 is 0.640 bits per heavy atom. The molecule has 0 heterocycles. The molecule has 0 spiro atoms. The van der Waals surface area contributed by atoms with E-state index in [1.54, 1.807) is 6.92 Å². The maximum absolute atomic E-state index is 10.9. The van der Waals surface area contributed by atoms with Crippen LogP contribution < -0.4 is 0 Å². The molecule has 0 rings (SSSR count). The summed E-state index contributed by atoms with van der Waals surface area (Å²) in [4.78, 5) is 0. The van der Waals surface area contributed by atoms with E-state index in [-0.39, 0.29) is 29.6 Å². The second-order valence-electron chi connectivity index (χ2n) is 7.42. The van der Waals surface area contributed by atoms with Gasteiger partial charge in [0.25, 0.3) is 10.1 Å². The summed E-state index contributed by atoms with van der Waals surface area (Å²) in [6, 6.07) is 0. The van der Waals surface area contributed by atoms with Gasteiger partial charge in [0.2, 0.25) is 0 Å². The molecule has 5 heteroatoms. The molecule has 0 saturated carbocycles. The molecule has 1 N–H and O–H groups in total. The van der Waals surface area contributed by atoms with Gasteiger partial charge in [-0.3, -0.25) is 4.55 Å². The van der Waals surface area contributed by atoms with E-state index >= 15 is 0 Å². The van der Waals surface area contributed by atoms with Gasteiger partial charge in [-0.25, -0.2) is 0 Å². The summed E-state index contributed by atoms with van der Waals surface area (Å²) in [6.07, 6.45) is 21.7. The standard InChI is InChI=1S/C20H42O3S.Na.H/c1-3-4-5-6-7-8-9-10-11-12-13-14-15-16-17-18-19-20(2)24(21,22)23;;/h20H,3-19H2,1-2H3,(H,21,22,23);;. The summed E-state index contributed by atoms with van der Waals surface area (Å²) in [5.41, 5.74) is 0. The molecule has 0 aromatic carbocycles. The summed E-state index contributed by atoms with van der Waals surface area (Å²) in [7, 11) is -3.82. The van der Waals surface area contributed by atoms with Crippen molar-refractivity contribution in [3.05, 3.63) is 0 Å². The Kier molecular flexibility index (Phi) is 22.1. The van der Waals surface area contributed by atoms with Crippen LogP contribution in [0, 0.1) is 0 Å². The Balaban J connectivity index is 0. The van der Waals surface area contributed by atoms with Crippen molar-refractivity contribution in [1.29, 1.82) is 0 Å². The third kappa shape index (κ3) is 21.1. The average molecular weight is 387 g/mol. The van der Waals surface area contributed by atoms with E-state index < -0.39 is 15.4 Å². The molecule has 1 unspecified atom stereocenters. The third-order valence-electron chi connectivity index (χ3n) is 4.97. The molecule has 0 aliphatic rings. The first-order valence-corrected chi connectivity index (χ1v) is 11.9. The van der Waals surface area contributed by atoms with E-state index in [1.807, 2.05) is 0 Å². The summed E-state index contributed by atoms with van der Waals surface area (Å²) >= 11 is 0. The number of rotatable bonds is 18. The van der Waals surface area contributed by atoms with Crippen LogP contribution in [-0.2, 0) is 10.1 Å². The Morgan fingerprint density at radius 3 is 1.20 bits per heavy atom. The Labute approximate surface area is 180 Å². The van der Waals surface area contributed by atoms with Crippen LogP contribution in [0.5, 0.6) is 0 Å². The van der Waals surface area contributed by atoms with E-state index in [1.165, 1.54) is 89.9 Å². The van der Waals surface area contributed by atoms with E-state index in [2.05, 4.69) is 6.92 Å². The van der Waals surface area contributed by atoms with Crippen molar-refractivity contribution in [1.82, 2.24) is 0 Å². The van der Waals surface area contributed by atoms with Crippen molar-refractivity contribution in [2.24, 2.45) is 0 Å². The fraction of sp³-hybridized carbons (Fsp3) is 1.00. The first-order valence-electron chi connectivity index (χ1n) is 10.4. The fourth-order valence-electron chi connectivity index (χ4n) is 3.13. The van der Waals surface area contributed by atoms with Crippen LogP contribution in [0.15, 0.2) is 0 Å². The molecule has 0 fully saturated rings. The normalized spacial score (nSPS) is 12.8. The van der Waals surface area contributed by atoms with Crippen molar-refractivity contribution in [2.75, 3.05) is 0 Å².